The van der Waals surface area contributed by atoms with E-state index in [1.807, 2.05) is 0 Å². The molecule has 0 aliphatic rings. The number of non-ortho nitro benzene ring substituents is 1. The van der Waals surface area contributed by atoms with Crippen molar-refractivity contribution >= 4 is 33.2 Å². The number of nitro benzene ring substituents is 1. The molecule has 1 aromatic carbocycles. The summed E-state index contributed by atoms with van der Waals surface area (Å²) in [5, 5.41) is 25.6. The number of carbonyl (C=O) groups is 1. The number of aromatic nitrogens is 2. The van der Waals surface area contributed by atoms with Crippen LogP contribution in [0.25, 0.3) is 0 Å². The van der Waals surface area contributed by atoms with E-state index < -0.39 is 22.7 Å². The lowest BCUT2D eigenvalue weighted by Crippen LogP contribution is -2.17. The van der Waals surface area contributed by atoms with Crippen molar-refractivity contribution in [3.63, 3.8) is 0 Å². The van der Waals surface area contributed by atoms with Gasteiger partial charge in [-0.05, 0) is 28.9 Å². The van der Waals surface area contributed by atoms with Crippen LogP contribution in [-0.2, 0) is 17.5 Å². The lowest BCUT2D eigenvalue weighted by Gasteiger charge is -2.08. The van der Waals surface area contributed by atoms with Crippen molar-refractivity contribution in [3.05, 3.63) is 49.7 Å². The quantitative estimate of drug-likeness (QED) is 0.555. The molecule has 142 valence electrons. The first-order chi connectivity index (χ1) is 12.5. The number of benzene rings is 1. The second kappa shape index (κ2) is 7.75. The number of halogens is 4. The summed E-state index contributed by atoms with van der Waals surface area (Å²) in [5.41, 5.74) is -1.20. The first-order valence-electron chi connectivity index (χ1n) is 7.33. The summed E-state index contributed by atoms with van der Waals surface area (Å²) < 4.78 is 39.4. The van der Waals surface area contributed by atoms with Gasteiger partial charge >= 0.3 is 6.18 Å². The SMILES string of the molecule is Cc1c(Br)c(C(F)(F)F)nn1CCC(=O)Nc1ccc([N+](=O)[O-])cc1C#N. The van der Waals surface area contributed by atoms with E-state index in [0.717, 1.165) is 16.8 Å². The van der Waals surface area contributed by atoms with Crippen LogP contribution in [0.4, 0.5) is 24.5 Å². The molecule has 0 unspecified atom stereocenters. The number of alkyl halides is 3. The highest BCUT2D eigenvalue weighted by Crippen LogP contribution is 2.35. The van der Waals surface area contributed by atoms with Gasteiger partial charge in [0.15, 0.2) is 5.69 Å². The van der Waals surface area contributed by atoms with Gasteiger partial charge in [-0.25, -0.2) is 0 Å². The van der Waals surface area contributed by atoms with Crippen LogP contribution in [-0.4, -0.2) is 20.6 Å². The minimum Gasteiger partial charge on any atom is -0.325 e. The van der Waals surface area contributed by atoms with Crippen LogP contribution in [0.1, 0.15) is 23.4 Å². The molecule has 1 heterocycles. The number of nitrogens with one attached hydrogen (secondary N) is 1. The summed E-state index contributed by atoms with van der Waals surface area (Å²) in [6.07, 6.45) is -4.84. The van der Waals surface area contributed by atoms with Crippen molar-refractivity contribution in [1.82, 2.24) is 9.78 Å². The van der Waals surface area contributed by atoms with Gasteiger partial charge in [-0.3, -0.25) is 19.6 Å². The molecular weight excluding hydrogens is 435 g/mol. The molecule has 1 amide bonds. The number of aryl methyl sites for hydroxylation is 1. The molecule has 0 aliphatic carbocycles. The normalized spacial score (nSPS) is 11.1. The van der Waals surface area contributed by atoms with Gasteiger partial charge in [0.1, 0.15) is 6.07 Å². The number of amides is 1. The fraction of sp³-hybridized carbons (Fsp3) is 0.267. The molecule has 8 nitrogen and oxygen atoms in total. The van der Waals surface area contributed by atoms with E-state index in [1.165, 1.54) is 13.0 Å². The molecule has 27 heavy (non-hydrogen) atoms. The molecule has 1 N–H and O–H groups in total. The minimum atomic E-state index is -4.63. The van der Waals surface area contributed by atoms with E-state index in [2.05, 4.69) is 26.3 Å². The third kappa shape index (κ3) is 4.62. The average molecular weight is 446 g/mol. The first-order valence-corrected chi connectivity index (χ1v) is 8.12. The van der Waals surface area contributed by atoms with E-state index in [0.29, 0.717) is 0 Å². The number of anilines is 1. The topological polar surface area (TPSA) is 114 Å². The van der Waals surface area contributed by atoms with Gasteiger partial charge in [0.2, 0.25) is 5.91 Å². The van der Waals surface area contributed by atoms with Crippen LogP contribution in [0.2, 0.25) is 0 Å². The Kier molecular flexibility index (Phi) is 5.85. The van der Waals surface area contributed by atoms with Gasteiger partial charge in [-0.15, -0.1) is 0 Å². The minimum absolute atomic E-state index is 0.0717. The van der Waals surface area contributed by atoms with Gasteiger partial charge in [-0.2, -0.15) is 23.5 Å². The van der Waals surface area contributed by atoms with Crippen molar-refractivity contribution in [1.29, 1.82) is 5.26 Å². The average Bonchev–Trinajstić information content (AvgIpc) is 2.88. The molecule has 0 bridgehead atoms. The molecule has 0 saturated carbocycles. The number of nitro groups is 1. The van der Waals surface area contributed by atoms with Crippen LogP contribution >= 0.6 is 15.9 Å². The predicted octanol–water partition coefficient (Wildman–Crippen LogP) is 3.78. The predicted molar refractivity (Wildman–Crippen MR) is 90.7 cm³/mol. The molecular formula is C15H11BrF3N5O3. The largest absolute Gasteiger partial charge is 0.436 e. The fourth-order valence-corrected chi connectivity index (χ4v) is 2.70. The summed E-state index contributed by atoms with van der Waals surface area (Å²) in [6, 6.07) is 5.09. The van der Waals surface area contributed by atoms with Gasteiger partial charge in [0.25, 0.3) is 5.69 Å². The smallest absolute Gasteiger partial charge is 0.325 e. The molecule has 2 rings (SSSR count). The van der Waals surface area contributed by atoms with Gasteiger partial charge in [0.05, 0.1) is 32.9 Å². The van der Waals surface area contributed by atoms with Gasteiger partial charge < -0.3 is 5.32 Å². The summed E-state index contributed by atoms with van der Waals surface area (Å²) in [5.74, 6) is -0.583. The third-order valence-electron chi connectivity index (χ3n) is 3.56. The van der Waals surface area contributed by atoms with Crippen molar-refractivity contribution in [2.24, 2.45) is 0 Å². The number of nitriles is 1. The summed E-state index contributed by atoms with van der Waals surface area (Å²) in [4.78, 5) is 22.1. The Labute approximate surface area is 158 Å². The standard InChI is InChI=1S/C15H11BrF3N5O3/c1-8-13(16)14(15(17,18)19)22-23(8)5-4-12(25)21-11-3-2-10(24(26)27)6-9(11)7-20/h2-3,6H,4-5H2,1H3,(H,21,25). The van der Waals surface area contributed by atoms with Gasteiger partial charge in [-0.1, -0.05) is 0 Å². The molecule has 12 heteroatoms. The fourth-order valence-electron chi connectivity index (χ4n) is 2.19. The number of hydrogen-bond acceptors (Lipinski definition) is 5. The van der Waals surface area contributed by atoms with E-state index in [4.69, 9.17) is 5.26 Å². The molecule has 0 aliphatic heterocycles. The molecule has 0 fully saturated rings. The van der Waals surface area contributed by atoms with Crippen LogP contribution in [0, 0.1) is 28.4 Å². The maximum atomic E-state index is 12.8. The highest BCUT2D eigenvalue weighted by atomic mass is 79.9. The number of nitrogens with zero attached hydrogens (tertiary/aromatic N) is 4. The molecule has 0 atom stereocenters. The number of carbonyl (C=O) groups excluding carboxylic acids is 1. The molecule has 1 aromatic heterocycles. The second-order valence-electron chi connectivity index (χ2n) is 5.37. The Morgan fingerprint density at radius 3 is 2.67 bits per heavy atom. The second-order valence-corrected chi connectivity index (χ2v) is 6.16. The number of rotatable bonds is 5. The molecule has 2 aromatic rings. The van der Waals surface area contributed by atoms with Crippen molar-refractivity contribution in [2.45, 2.75) is 26.1 Å². The summed E-state index contributed by atoms with van der Waals surface area (Å²) in [7, 11) is 0. The highest BCUT2D eigenvalue weighted by molar-refractivity contribution is 9.10. The van der Waals surface area contributed by atoms with Crippen molar-refractivity contribution in [3.8, 4) is 6.07 Å². The Morgan fingerprint density at radius 1 is 1.48 bits per heavy atom. The van der Waals surface area contributed by atoms with Crippen LogP contribution in [0.5, 0.6) is 0 Å². The summed E-state index contributed by atoms with van der Waals surface area (Å²) in [6.45, 7) is 1.30. The van der Waals surface area contributed by atoms with Crippen molar-refractivity contribution < 1.29 is 22.9 Å². The summed E-state index contributed by atoms with van der Waals surface area (Å²) >= 11 is 2.84. The van der Waals surface area contributed by atoms with Crippen LogP contribution < -0.4 is 5.32 Å². The molecule has 0 spiro atoms. The third-order valence-corrected chi connectivity index (χ3v) is 4.51. The van der Waals surface area contributed by atoms with Crippen molar-refractivity contribution in [2.75, 3.05) is 5.32 Å². The Balaban J connectivity index is 2.10. The zero-order valence-corrected chi connectivity index (χ0v) is 15.3. The van der Waals surface area contributed by atoms with E-state index in [-0.39, 0.29) is 40.1 Å². The Bertz CT molecular complexity index is 949. The first kappa shape index (κ1) is 20.4. The van der Waals surface area contributed by atoms with E-state index >= 15 is 0 Å². The maximum absolute atomic E-state index is 12.8. The van der Waals surface area contributed by atoms with Gasteiger partial charge in [0, 0.05) is 18.6 Å². The lowest BCUT2D eigenvalue weighted by molar-refractivity contribution is -0.384. The molecule has 0 radical (unpaired) electrons. The van der Waals surface area contributed by atoms with Crippen LogP contribution in [0.15, 0.2) is 22.7 Å². The Morgan fingerprint density at radius 2 is 2.15 bits per heavy atom. The zero-order valence-electron chi connectivity index (χ0n) is 13.7. The zero-order chi connectivity index (χ0) is 20.4. The lowest BCUT2D eigenvalue weighted by atomic mass is 10.1. The monoisotopic (exact) mass is 445 g/mol. The van der Waals surface area contributed by atoms with E-state index in [9.17, 15) is 28.1 Å². The maximum Gasteiger partial charge on any atom is 0.436 e. The van der Waals surface area contributed by atoms with E-state index in [1.54, 1.807) is 6.07 Å². The van der Waals surface area contributed by atoms with Crippen LogP contribution in [0.3, 0.4) is 0 Å². The number of hydrogen-bond donors (Lipinski definition) is 1. The highest BCUT2D eigenvalue weighted by Gasteiger charge is 2.37. The Hall–Kier alpha value is -2.94. The molecule has 0 saturated heterocycles.